The van der Waals surface area contributed by atoms with E-state index in [0.717, 1.165) is 6.07 Å². The zero-order valence-electron chi connectivity index (χ0n) is 13.1. The predicted octanol–water partition coefficient (Wildman–Crippen LogP) is 0.280. The quantitative estimate of drug-likeness (QED) is 0.403. The number of carbonyl (C=O) groups is 3. The first kappa shape index (κ1) is 15.9. The second kappa shape index (κ2) is 4.95. The van der Waals surface area contributed by atoms with Crippen LogP contribution in [0.2, 0.25) is 0 Å². The third-order valence-corrected chi connectivity index (χ3v) is 5.84. The van der Waals surface area contributed by atoms with Crippen molar-refractivity contribution in [3.63, 3.8) is 0 Å². The van der Waals surface area contributed by atoms with E-state index < -0.39 is 40.8 Å². The maximum Gasteiger partial charge on any atom is 0.336 e. The van der Waals surface area contributed by atoms with Gasteiger partial charge in [-0.1, -0.05) is 0 Å². The number of ether oxygens (including phenoxy) is 2. The van der Waals surface area contributed by atoms with Crippen LogP contribution in [0.4, 0.5) is 0 Å². The van der Waals surface area contributed by atoms with E-state index in [4.69, 9.17) is 9.47 Å². The van der Waals surface area contributed by atoms with Gasteiger partial charge in [-0.15, -0.1) is 0 Å². The van der Waals surface area contributed by atoms with Gasteiger partial charge in [-0.05, 0) is 31.0 Å². The molecule has 0 radical (unpaired) electrons. The van der Waals surface area contributed by atoms with Crippen molar-refractivity contribution >= 4 is 17.7 Å². The zero-order valence-corrected chi connectivity index (χ0v) is 13.1. The highest BCUT2D eigenvalue weighted by atomic mass is 16.6. The SMILES string of the molecule is O=C(CC12CCC3OC(=O)C(O)C31COC2=O)c1cc(O)ccc1O. The third-order valence-electron chi connectivity index (χ3n) is 5.84. The number of aliphatic hydroxyl groups excluding tert-OH is 1. The smallest absolute Gasteiger partial charge is 0.336 e. The van der Waals surface area contributed by atoms with Crippen molar-refractivity contribution in [2.75, 3.05) is 6.61 Å². The van der Waals surface area contributed by atoms with Gasteiger partial charge >= 0.3 is 11.9 Å². The number of rotatable bonds is 3. The molecule has 0 bridgehead atoms. The summed E-state index contributed by atoms with van der Waals surface area (Å²) in [5.41, 5.74) is -2.81. The van der Waals surface area contributed by atoms with Crippen LogP contribution in [0.3, 0.4) is 0 Å². The predicted molar refractivity (Wildman–Crippen MR) is 79.7 cm³/mol. The maximum atomic E-state index is 12.7. The summed E-state index contributed by atoms with van der Waals surface area (Å²) in [6.07, 6.45) is -2.01. The summed E-state index contributed by atoms with van der Waals surface area (Å²) >= 11 is 0. The summed E-state index contributed by atoms with van der Waals surface area (Å²) in [6, 6.07) is 3.52. The molecule has 1 saturated carbocycles. The standard InChI is InChI=1S/C17H16O8/c18-8-1-2-10(19)9(5-8)11(20)6-16-4-3-12-17(16,7-24-15(16)23)13(21)14(22)25-12/h1-2,5,12-13,18-19,21H,3-4,6-7H2. The molecule has 4 atom stereocenters. The van der Waals surface area contributed by atoms with E-state index >= 15 is 0 Å². The highest BCUT2D eigenvalue weighted by Crippen LogP contribution is 2.65. The van der Waals surface area contributed by atoms with E-state index in [2.05, 4.69) is 0 Å². The number of hydrogen-bond donors (Lipinski definition) is 3. The summed E-state index contributed by atoms with van der Waals surface area (Å²) in [4.78, 5) is 37.1. The minimum atomic E-state index is -1.54. The Kier molecular flexibility index (Phi) is 3.15. The monoisotopic (exact) mass is 348 g/mol. The summed E-state index contributed by atoms with van der Waals surface area (Å²) in [7, 11) is 0. The van der Waals surface area contributed by atoms with Gasteiger partial charge in [-0.3, -0.25) is 9.59 Å². The van der Waals surface area contributed by atoms with Crippen LogP contribution in [0.25, 0.3) is 0 Å². The lowest BCUT2D eigenvalue weighted by atomic mass is 9.62. The third kappa shape index (κ3) is 1.82. The highest BCUT2D eigenvalue weighted by molar-refractivity contribution is 6.02. The van der Waals surface area contributed by atoms with Gasteiger partial charge in [0.2, 0.25) is 0 Å². The molecule has 3 aliphatic rings. The average Bonchev–Trinajstić information content (AvgIpc) is 3.12. The van der Waals surface area contributed by atoms with Gasteiger partial charge < -0.3 is 24.8 Å². The van der Waals surface area contributed by atoms with Gasteiger partial charge in [0.25, 0.3) is 0 Å². The van der Waals surface area contributed by atoms with E-state index in [-0.39, 0.29) is 36.5 Å². The van der Waals surface area contributed by atoms with Crippen LogP contribution < -0.4 is 0 Å². The van der Waals surface area contributed by atoms with Gasteiger partial charge in [0.15, 0.2) is 11.9 Å². The molecule has 2 aliphatic heterocycles. The Bertz CT molecular complexity index is 802. The van der Waals surface area contributed by atoms with E-state index in [9.17, 15) is 29.7 Å². The summed E-state index contributed by atoms with van der Waals surface area (Å²) < 4.78 is 10.3. The van der Waals surface area contributed by atoms with E-state index in [1.807, 2.05) is 0 Å². The van der Waals surface area contributed by atoms with E-state index in [1.165, 1.54) is 12.1 Å². The van der Waals surface area contributed by atoms with Crippen molar-refractivity contribution in [2.24, 2.45) is 10.8 Å². The molecule has 1 aromatic carbocycles. The first-order valence-electron chi connectivity index (χ1n) is 7.93. The molecule has 2 saturated heterocycles. The van der Waals surface area contributed by atoms with Crippen LogP contribution in [0.5, 0.6) is 11.5 Å². The first-order chi connectivity index (χ1) is 11.8. The van der Waals surface area contributed by atoms with Crippen LogP contribution in [0, 0.1) is 10.8 Å². The molecule has 132 valence electrons. The number of esters is 2. The number of phenols is 2. The molecular weight excluding hydrogens is 332 g/mol. The van der Waals surface area contributed by atoms with Crippen molar-refractivity contribution in [3.05, 3.63) is 23.8 Å². The number of hydrogen-bond acceptors (Lipinski definition) is 8. The largest absolute Gasteiger partial charge is 0.508 e. The number of ketones is 1. The molecule has 0 amide bonds. The molecular formula is C17H16O8. The normalized spacial score (nSPS) is 35.9. The number of cyclic esters (lactones) is 1. The fourth-order valence-corrected chi connectivity index (χ4v) is 4.56. The van der Waals surface area contributed by atoms with Crippen LogP contribution in [0.15, 0.2) is 18.2 Å². The lowest BCUT2D eigenvalue weighted by Crippen LogP contribution is -2.50. The van der Waals surface area contributed by atoms with Crippen LogP contribution >= 0.6 is 0 Å². The zero-order chi connectivity index (χ0) is 18.0. The van der Waals surface area contributed by atoms with E-state index in [1.54, 1.807) is 0 Å². The molecule has 4 rings (SSSR count). The highest BCUT2D eigenvalue weighted by Gasteiger charge is 2.78. The molecule has 3 N–H and O–H groups in total. The average molecular weight is 348 g/mol. The molecule has 4 unspecified atom stereocenters. The number of aromatic hydroxyl groups is 2. The first-order valence-corrected chi connectivity index (χ1v) is 7.93. The molecule has 1 aromatic rings. The Morgan fingerprint density at radius 2 is 2.04 bits per heavy atom. The molecule has 8 heteroatoms. The van der Waals surface area contributed by atoms with Crippen LogP contribution in [-0.4, -0.2) is 51.9 Å². The topological polar surface area (TPSA) is 130 Å². The Labute approximate surface area is 142 Å². The molecule has 25 heavy (non-hydrogen) atoms. The molecule has 1 aliphatic carbocycles. The van der Waals surface area contributed by atoms with Crippen molar-refractivity contribution in [3.8, 4) is 11.5 Å². The van der Waals surface area contributed by atoms with Crippen molar-refractivity contribution < 1.29 is 39.2 Å². The Hall–Kier alpha value is -2.61. The second-order valence-corrected chi connectivity index (χ2v) is 6.87. The van der Waals surface area contributed by atoms with Gasteiger partial charge in [0.05, 0.1) is 16.4 Å². The summed E-state index contributed by atoms with van der Waals surface area (Å²) in [5, 5.41) is 29.8. The fraction of sp³-hybridized carbons (Fsp3) is 0.471. The molecule has 1 spiro atoms. The van der Waals surface area contributed by atoms with Gasteiger partial charge in [0, 0.05) is 6.42 Å². The Morgan fingerprint density at radius 3 is 2.80 bits per heavy atom. The van der Waals surface area contributed by atoms with Crippen molar-refractivity contribution in [1.82, 2.24) is 0 Å². The minimum absolute atomic E-state index is 0.132. The van der Waals surface area contributed by atoms with Gasteiger partial charge in [-0.25, -0.2) is 4.79 Å². The van der Waals surface area contributed by atoms with Gasteiger partial charge in [-0.2, -0.15) is 0 Å². The van der Waals surface area contributed by atoms with Crippen LogP contribution in [0.1, 0.15) is 29.6 Å². The molecule has 8 nitrogen and oxygen atoms in total. The number of benzene rings is 1. The summed E-state index contributed by atoms with van der Waals surface area (Å²) in [5.74, 6) is -2.58. The fourth-order valence-electron chi connectivity index (χ4n) is 4.56. The van der Waals surface area contributed by atoms with Crippen molar-refractivity contribution in [2.45, 2.75) is 31.5 Å². The Morgan fingerprint density at radius 1 is 1.28 bits per heavy atom. The van der Waals surface area contributed by atoms with Gasteiger partial charge in [0.1, 0.15) is 24.2 Å². The maximum absolute atomic E-state index is 12.7. The summed E-state index contributed by atoms with van der Waals surface area (Å²) in [6.45, 7) is -0.192. The molecule has 2 heterocycles. The Balaban J connectivity index is 1.75. The lowest BCUT2D eigenvalue weighted by Gasteiger charge is -2.34. The lowest BCUT2D eigenvalue weighted by molar-refractivity contribution is -0.149. The second-order valence-electron chi connectivity index (χ2n) is 6.87. The number of Topliss-reactive ketones (excluding diaryl/α,β-unsaturated/α-hetero) is 1. The van der Waals surface area contributed by atoms with E-state index in [0.29, 0.717) is 6.42 Å². The number of aliphatic hydroxyl groups is 1. The molecule has 3 fully saturated rings. The molecule has 0 aromatic heterocycles. The van der Waals surface area contributed by atoms with Crippen LogP contribution in [-0.2, 0) is 19.1 Å². The van der Waals surface area contributed by atoms with Crippen molar-refractivity contribution in [1.29, 1.82) is 0 Å². The number of carbonyl (C=O) groups excluding carboxylic acids is 3. The minimum Gasteiger partial charge on any atom is -0.508 e. The number of phenolic OH excluding ortho intramolecular Hbond substituents is 2.